The Bertz CT molecular complexity index is 535. The van der Waals surface area contributed by atoms with Gasteiger partial charge in [0.1, 0.15) is 5.60 Å². The van der Waals surface area contributed by atoms with Crippen molar-refractivity contribution in [3.05, 3.63) is 23.0 Å². The van der Waals surface area contributed by atoms with Crippen LogP contribution in [0.2, 0.25) is 0 Å². The van der Waals surface area contributed by atoms with Gasteiger partial charge < -0.3 is 9.47 Å². The Morgan fingerprint density at radius 2 is 2.00 bits per heavy atom. The number of carbonyl (C=O) groups excluding carboxylic acids is 2. The van der Waals surface area contributed by atoms with Crippen molar-refractivity contribution >= 4 is 18.1 Å². The predicted molar refractivity (Wildman–Crippen MR) is 72.9 cm³/mol. The molecule has 5 nitrogen and oxygen atoms in total. The van der Waals surface area contributed by atoms with Crippen LogP contribution < -0.4 is 10.1 Å². The first kappa shape index (κ1) is 15.9. The molecule has 0 fully saturated rings. The second-order valence-corrected chi connectivity index (χ2v) is 5.22. The molecule has 6 heteroatoms. The lowest BCUT2D eigenvalue weighted by molar-refractivity contribution is 0.0635. The number of aldehydes is 1. The van der Waals surface area contributed by atoms with Crippen molar-refractivity contribution in [1.29, 1.82) is 0 Å². The van der Waals surface area contributed by atoms with Crippen molar-refractivity contribution in [3.8, 4) is 5.75 Å². The molecule has 1 aromatic rings. The summed E-state index contributed by atoms with van der Waals surface area (Å²) in [5.41, 5.74) is -0.0430. The zero-order valence-electron chi connectivity index (χ0n) is 12.2. The van der Waals surface area contributed by atoms with E-state index in [2.05, 4.69) is 5.32 Å². The van der Waals surface area contributed by atoms with Crippen LogP contribution in [0.1, 0.15) is 36.7 Å². The molecule has 1 N–H and O–H groups in total. The van der Waals surface area contributed by atoms with Crippen molar-refractivity contribution in [1.82, 2.24) is 0 Å². The lowest BCUT2D eigenvalue weighted by atomic mass is 10.1. The lowest BCUT2D eigenvalue weighted by Gasteiger charge is -2.20. The number of carbonyl (C=O) groups is 2. The van der Waals surface area contributed by atoms with E-state index in [1.54, 1.807) is 27.7 Å². The van der Waals surface area contributed by atoms with Gasteiger partial charge in [-0.15, -0.1) is 0 Å². The van der Waals surface area contributed by atoms with Crippen molar-refractivity contribution in [2.75, 3.05) is 12.4 Å². The molecule has 1 amide bonds. The molecule has 0 spiro atoms. The van der Waals surface area contributed by atoms with Gasteiger partial charge in [-0.05, 0) is 33.3 Å². The Morgan fingerprint density at radius 3 is 2.45 bits per heavy atom. The second kappa shape index (κ2) is 5.90. The average Bonchev–Trinajstić information content (AvgIpc) is 2.30. The van der Waals surface area contributed by atoms with E-state index in [1.807, 2.05) is 0 Å². The summed E-state index contributed by atoms with van der Waals surface area (Å²) in [4.78, 5) is 22.7. The molecule has 20 heavy (non-hydrogen) atoms. The summed E-state index contributed by atoms with van der Waals surface area (Å²) in [5.74, 6) is -0.876. The van der Waals surface area contributed by atoms with Crippen LogP contribution >= 0.6 is 0 Å². The zero-order valence-corrected chi connectivity index (χ0v) is 12.2. The number of hydrogen-bond donors (Lipinski definition) is 1. The summed E-state index contributed by atoms with van der Waals surface area (Å²) in [6.07, 6.45) is -0.237. The van der Waals surface area contributed by atoms with Gasteiger partial charge >= 0.3 is 6.09 Å². The Hall–Kier alpha value is -2.11. The maximum absolute atomic E-state index is 13.8. The molecule has 0 radical (unpaired) electrons. The Morgan fingerprint density at radius 1 is 1.40 bits per heavy atom. The van der Waals surface area contributed by atoms with Gasteiger partial charge in [0.25, 0.3) is 0 Å². The first-order chi connectivity index (χ1) is 9.19. The topological polar surface area (TPSA) is 64.6 Å². The van der Waals surface area contributed by atoms with Gasteiger partial charge in [0.05, 0.1) is 18.4 Å². The van der Waals surface area contributed by atoms with Gasteiger partial charge in [-0.3, -0.25) is 10.1 Å². The molecule has 0 unspecified atom stereocenters. The Kier molecular flexibility index (Phi) is 4.70. The van der Waals surface area contributed by atoms with E-state index in [1.165, 1.54) is 7.11 Å². The Balaban J connectivity index is 3.12. The van der Waals surface area contributed by atoms with Gasteiger partial charge in [-0.1, -0.05) is 0 Å². The summed E-state index contributed by atoms with van der Waals surface area (Å²) >= 11 is 0. The number of anilines is 1. The molecule has 0 saturated carbocycles. The third kappa shape index (κ3) is 3.69. The zero-order chi connectivity index (χ0) is 15.5. The van der Waals surface area contributed by atoms with Gasteiger partial charge in [-0.2, -0.15) is 0 Å². The second-order valence-electron chi connectivity index (χ2n) is 5.22. The van der Waals surface area contributed by atoms with Crippen LogP contribution in [-0.4, -0.2) is 25.1 Å². The highest BCUT2D eigenvalue weighted by atomic mass is 19.1. The summed E-state index contributed by atoms with van der Waals surface area (Å²) in [6, 6.07) is 1.09. The fourth-order valence-corrected chi connectivity index (χ4v) is 1.64. The predicted octanol–water partition coefficient (Wildman–Crippen LogP) is 3.30. The van der Waals surface area contributed by atoms with E-state index in [0.717, 1.165) is 6.07 Å². The molecule has 1 rings (SSSR count). The largest absolute Gasteiger partial charge is 0.493 e. The molecular weight excluding hydrogens is 265 g/mol. The molecule has 0 atom stereocenters. The van der Waals surface area contributed by atoms with E-state index in [0.29, 0.717) is 11.8 Å². The van der Waals surface area contributed by atoms with Gasteiger partial charge in [0.2, 0.25) is 0 Å². The third-order valence-electron chi connectivity index (χ3n) is 2.50. The lowest BCUT2D eigenvalue weighted by Crippen LogP contribution is -2.27. The normalized spacial score (nSPS) is 10.9. The minimum Gasteiger partial charge on any atom is -0.493 e. The van der Waals surface area contributed by atoms with Crippen LogP contribution in [0.25, 0.3) is 0 Å². The fraction of sp³-hybridized carbons (Fsp3) is 0.429. The monoisotopic (exact) mass is 283 g/mol. The van der Waals surface area contributed by atoms with Crippen molar-refractivity contribution in [3.63, 3.8) is 0 Å². The smallest absolute Gasteiger partial charge is 0.412 e. The van der Waals surface area contributed by atoms with Gasteiger partial charge in [0, 0.05) is 6.07 Å². The minimum atomic E-state index is -0.730. The van der Waals surface area contributed by atoms with Crippen molar-refractivity contribution in [2.45, 2.75) is 33.3 Å². The van der Waals surface area contributed by atoms with Crippen LogP contribution in [0.15, 0.2) is 6.07 Å². The van der Waals surface area contributed by atoms with Crippen LogP contribution in [0, 0.1) is 12.7 Å². The van der Waals surface area contributed by atoms with E-state index < -0.39 is 17.5 Å². The molecule has 110 valence electrons. The van der Waals surface area contributed by atoms with Crippen LogP contribution in [0.4, 0.5) is 14.9 Å². The molecule has 0 aliphatic rings. The highest BCUT2D eigenvalue weighted by molar-refractivity contribution is 5.91. The average molecular weight is 283 g/mol. The fourth-order valence-electron chi connectivity index (χ4n) is 1.64. The van der Waals surface area contributed by atoms with Gasteiger partial charge in [-0.25, -0.2) is 9.18 Å². The quantitative estimate of drug-likeness (QED) is 0.864. The number of nitrogens with one attached hydrogen (secondary N) is 1. The number of amides is 1. The molecule has 0 aliphatic heterocycles. The Labute approximate surface area is 117 Å². The molecule has 0 heterocycles. The third-order valence-corrected chi connectivity index (χ3v) is 2.50. The maximum Gasteiger partial charge on any atom is 0.412 e. The molecular formula is C14H18FNO4. The minimum absolute atomic E-state index is 0.0542. The van der Waals surface area contributed by atoms with Crippen LogP contribution in [-0.2, 0) is 4.74 Å². The van der Waals surface area contributed by atoms with Gasteiger partial charge in [0.15, 0.2) is 17.9 Å². The summed E-state index contributed by atoms with van der Waals surface area (Å²) in [7, 11) is 1.27. The number of benzene rings is 1. The molecule has 0 bridgehead atoms. The van der Waals surface area contributed by atoms with E-state index >= 15 is 0 Å². The first-order valence-corrected chi connectivity index (χ1v) is 6.02. The molecule has 0 saturated heterocycles. The van der Waals surface area contributed by atoms with Crippen LogP contribution in [0.5, 0.6) is 5.75 Å². The highest BCUT2D eigenvalue weighted by Gasteiger charge is 2.20. The standard InChI is InChI=1S/C14H18FNO4/c1-8-9(7-17)12(19-5)10(15)6-11(8)16-13(18)20-14(2,3)4/h6-7H,1-5H3,(H,16,18). The van der Waals surface area contributed by atoms with E-state index in [-0.39, 0.29) is 17.0 Å². The van der Waals surface area contributed by atoms with Crippen molar-refractivity contribution in [2.24, 2.45) is 0 Å². The summed E-state index contributed by atoms with van der Waals surface area (Å²) in [5, 5.41) is 2.42. The summed E-state index contributed by atoms with van der Waals surface area (Å²) in [6.45, 7) is 6.72. The van der Waals surface area contributed by atoms with Crippen LogP contribution in [0.3, 0.4) is 0 Å². The van der Waals surface area contributed by atoms with Crippen molar-refractivity contribution < 1.29 is 23.5 Å². The number of methoxy groups -OCH3 is 1. The molecule has 0 aliphatic carbocycles. The molecule has 0 aromatic heterocycles. The van der Waals surface area contributed by atoms with E-state index in [9.17, 15) is 14.0 Å². The number of hydrogen-bond acceptors (Lipinski definition) is 4. The van der Waals surface area contributed by atoms with E-state index in [4.69, 9.17) is 9.47 Å². The number of ether oxygens (including phenoxy) is 2. The molecule has 1 aromatic carbocycles. The number of halogens is 1. The summed E-state index contributed by atoms with van der Waals surface area (Å²) < 4.78 is 23.7. The SMILES string of the molecule is COc1c(F)cc(NC(=O)OC(C)(C)C)c(C)c1C=O. The maximum atomic E-state index is 13.8. The first-order valence-electron chi connectivity index (χ1n) is 6.02. The number of rotatable bonds is 3. The highest BCUT2D eigenvalue weighted by Crippen LogP contribution is 2.30.